The van der Waals surface area contributed by atoms with E-state index < -0.39 is 0 Å². The first-order valence-electron chi connectivity index (χ1n) is 6.52. The molecule has 0 unspecified atom stereocenters. The average Bonchev–Trinajstić information content (AvgIpc) is 2.43. The van der Waals surface area contributed by atoms with Crippen LogP contribution >= 0.6 is 24.0 Å². The van der Waals surface area contributed by atoms with Gasteiger partial charge in [0.15, 0.2) is 0 Å². The van der Waals surface area contributed by atoms with E-state index in [-0.39, 0.29) is 10.8 Å². The maximum Gasteiger partial charge on any atom is 0.138 e. The standard InChI is InChI=1S/C16H16FNOS2/c1-3-21-14-6-4-5-13(15(14)16(18)20)19-11-8-7-10(2)12(17)9-11/h4-9H,3H2,1-2H3,(H2,18,20). The first kappa shape index (κ1) is 15.8. The lowest BCUT2D eigenvalue weighted by atomic mass is 10.2. The highest BCUT2D eigenvalue weighted by atomic mass is 32.2. The highest BCUT2D eigenvalue weighted by Gasteiger charge is 2.13. The molecule has 0 amide bonds. The van der Waals surface area contributed by atoms with Gasteiger partial charge in [-0.3, -0.25) is 0 Å². The minimum absolute atomic E-state index is 0.272. The van der Waals surface area contributed by atoms with Crippen molar-refractivity contribution in [3.8, 4) is 11.5 Å². The van der Waals surface area contributed by atoms with E-state index in [9.17, 15) is 4.39 Å². The molecule has 0 radical (unpaired) electrons. The smallest absolute Gasteiger partial charge is 0.138 e. The van der Waals surface area contributed by atoms with Gasteiger partial charge in [0.2, 0.25) is 0 Å². The van der Waals surface area contributed by atoms with E-state index in [1.165, 1.54) is 6.07 Å². The van der Waals surface area contributed by atoms with Crippen LogP contribution in [0.4, 0.5) is 4.39 Å². The number of aryl methyl sites for hydroxylation is 1. The molecule has 21 heavy (non-hydrogen) atoms. The molecule has 0 aromatic heterocycles. The number of nitrogens with two attached hydrogens (primary N) is 1. The van der Waals surface area contributed by atoms with E-state index >= 15 is 0 Å². The van der Waals surface area contributed by atoms with E-state index in [4.69, 9.17) is 22.7 Å². The molecule has 0 spiro atoms. The van der Waals surface area contributed by atoms with Gasteiger partial charge in [0.1, 0.15) is 22.3 Å². The average molecular weight is 321 g/mol. The van der Waals surface area contributed by atoms with Crippen LogP contribution in [0.15, 0.2) is 41.3 Å². The molecule has 5 heteroatoms. The molecule has 2 aromatic carbocycles. The van der Waals surface area contributed by atoms with Crippen molar-refractivity contribution in [2.75, 3.05) is 5.75 Å². The molecular formula is C16H16FNOS2. The van der Waals surface area contributed by atoms with Crippen LogP contribution in [-0.4, -0.2) is 10.7 Å². The van der Waals surface area contributed by atoms with Crippen molar-refractivity contribution in [2.45, 2.75) is 18.7 Å². The maximum absolute atomic E-state index is 13.6. The zero-order valence-electron chi connectivity index (χ0n) is 11.9. The van der Waals surface area contributed by atoms with E-state index in [2.05, 4.69) is 6.92 Å². The maximum atomic E-state index is 13.6. The highest BCUT2D eigenvalue weighted by molar-refractivity contribution is 7.99. The van der Waals surface area contributed by atoms with Crippen LogP contribution in [0, 0.1) is 12.7 Å². The van der Waals surface area contributed by atoms with Crippen LogP contribution in [0.5, 0.6) is 11.5 Å². The number of ether oxygens (including phenoxy) is 1. The van der Waals surface area contributed by atoms with Crippen LogP contribution in [0.25, 0.3) is 0 Å². The molecule has 2 aromatic rings. The molecule has 0 heterocycles. The van der Waals surface area contributed by atoms with Crippen molar-refractivity contribution in [2.24, 2.45) is 5.73 Å². The molecule has 0 aliphatic carbocycles. The second-order valence-electron chi connectivity index (χ2n) is 4.44. The summed E-state index contributed by atoms with van der Waals surface area (Å²) in [4.78, 5) is 1.24. The first-order valence-corrected chi connectivity index (χ1v) is 7.92. The summed E-state index contributed by atoms with van der Waals surface area (Å²) in [5, 5.41) is 0. The van der Waals surface area contributed by atoms with Gasteiger partial charge < -0.3 is 10.5 Å². The topological polar surface area (TPSA) is 35.2 Å². The summed E-state index contributed by atoms with van der Waals surface area (Å²) < 4.78 is 19.4. The van der Waals surface area contributed by atoms with Crippen LogP contribution in [0.3, 0.4) is 0 Å². The molecule has 0 saturated carbocycles. The van der Waals surface area contributed by atoms with Gasteiger partial charge in [-0.2, -0.15) is 0 Å². The van der Waals surface area contributed by atoms with E-state index in [0.717, 1.165) is 10.6 Å². The Labute approximate surface area is 133 Å². The van der Waals surface area contributed by atoms with Gasteiger partial charge in [0.05, 0.1) is 5.56 Å². The molecule has 0 aliphatic rings. The molecule has 0 fully saturated rings. The SMILES string of the molecule is CCSc1cccc(Oc2ccc(C)c(F)c2)c1C(N)=S. The van der Waals surface area contributed by atoms with Crippen LogP contribution in [0.2, 0.25) is 0 Å². The highest BCUT2D eigenvalue weighted by Crippen LogP contribution is 2.33. The largest absolute Gasteiger partial charge is 0.456 e. The van der Waals surface area contributed by atoms with Gasteiger partial charge in [-0.25, -0.2) is 4.39 Å². The summed E-state index contributed by atoms with van der Waals surface area (Å²) >= 11 is 6.76. The Morgan fingerprint density at radius 3 is 2.71 bits per heavy atom. The zero-order chi connectivity index (χ0) is 15.4. The molecule has 0 aliphatic heterocycles. The summed E-state index contributed by atoms with van der Waals surface area (Å²) in [6.45, 7) is 3.76. The number of halogens is 1. The van der Waals surface area contributed by atoms with Crippen molar-refractivity contribution in [1.82, 2.24) is 0 Å². The lowest BCUT2D eigenvalue weighted by Crippen LogP contribution is -2.12. The van der Waals surface area contributed by atoms with Crippen molar-refractivity contribution in [1.29, 1.82) is 0 Å². The van der Waals surface area contributed by atoms with Crippen LogP contribution in [0.1, 0.15) is 18.1 Å². The fourth-order valence-corrected chi connectivity index (χ4v) is 2.99. The van der Waals surface area contributed by atoms with E-state index in [0.29, 0.717) is 22.6 Å². The fraction of sp³-hybridized carbons (Fsp3) is 0.188. The Morgan fingerprint density at radius 2 is 2.10 bits per heavy atom. The minimum atomic E-state index is -0.302. The van der Waals surface area contributed by atoms with Gasteiger partial charge in [-0.1, -0.05) is 31.3 Å². The van der Waals surface area contributed by atoms with Gasteiger partial charge in [0.25, 0.3) is 0 Å². The molecule has 0 atom stereocenters. The molecular weight excluding hydrogens is 305 g/mol. The summed E-state index contributed by atoms with van der Waals surface area (Å²) in [6, 6.07) is 10.4. The molecule has 0 bridgehead atoms. The number of rotatable bonds is 5. The van der Waals surface area contributed by atoms with Crippen LogP contribution < -0.4 is 10.5 Å². The van der Waals surface area contributed by atoms with Crippen molar-refractivity contribution in [3.05, 3.63) is 53.3 Å². The Hall–Kier alpha value is -1.59. The minimum Gasteiger partial charge on any atom is -0.456 e. The van der Waals surface area contributed by atoms with E-state index in [1.54, 1.807) is 36.9 Å². The predicted octanol–water partition coefficient (Wildman–Crippen LogP) is 4.67. The lowest BCUT2D eigenvalue weighted by molar-refractivity contribution is 0.474. The monoisotopic (exact) mass is 321 g/mol. The number of benzene rings is 2. The summed E-state index contributed by atoms with van der Waals surface area (Å²) in [6.07, 6.45) is 0. The molecule has 110 valence electrons. The second kappa shape index (κ2) is 6.91. The second-order valence-corrected chi connectivity index (χ2v) is 6.19. The third-order valence-corrected chi connectivity index (χ3v) is 4.05. The molecule has 2 N–H and O–H groups in total. The van der Waals surface area contributed by atoms with Crippen molar-refractivity contribution in [3.63, 3.8) is 0 Å². The zero-order valence-corrected chi connectivity index (χ0v) is 13.5. The van der Waals surface area contributed by atoms with Gasteiger partial charge in [0, 0.05) is 11.0 Å². The number of hydrogen-bond donors (Lipinski definition) is 1. The van der Waals surface area contributed by atoms with E-state index in [1.807, 2.05) is 12.1 Å². The fourth-order valence-electron chi connectivity index (χ4n) is 1.88. The normalized spacial score (nSPS) is 10.4. The number of hydrogen-bond acceptors (Lipinski definition) is 3. The Bertz CT molecular complexity index is 673. The summed E-state index contributed by atoms with van der Waals surface area (Å²) in [7, 11) is 0. The summed E-state index contributed by atoms with van der Waals surface area (Å²) in [5.41, 5.74) is 7.09. The number of thiocarbonyl (C=S) groups is 1. The Kier molecular flexibility index (Phi) is 5.20. The third kappa shape index (κ3) is 3.74. The molecule has 0 saturated heterocycles. The van der Waals surface area contributed by atoms with Crippen molar-refractivity contribution >= 4 is 29.0 Å². The third-order valence-electron chi connectivity index (χ3n) is 2.91. The summed E-state index contributed by atoms with van der Waals surface area (Å²) in [5.74, 6) is 1.57. The molecule has 2 nitrogen and oxygen atoms in total. The Balaban J connectivity index is 2.41. The van der Waals surface area contributed by atoms with Crippen LogP contribution in [-0.2, 0) is 0 Å². The lowest BCUT2D eigenvalue weighted by Gasteiger charge is -2.14. The van der Waals surface area contributed by atoms with Crippen molar-refractivity contribution < 1.29 is 9.13 Å². The predicted molar refractivity (Wildman–Crippen MR) is 89.9 cm³/mol. The number of thioether (sulfide) groups is 1. The first-order chi connectivity index (χ1) is 10.0. The quantitative estimate of drug-likeness (QED) is 0.641. The Morgan fingerprint density at radius 1 is 1.33 bits per heavy atom. The van der Waals surface area contributed by atoms with Gasteiger partial charge in [-0.05, 0) is 36.4 Å². The molecule has 2 rings (SSSR count). The van der Waals surface area contributed by atoms with Gasteiger partial charge >= 0.3 is 0 Å². The van der Waals surface area contributed by atoms with Gasteiger partial charge in [-0.15, -0.1) is 11.8 Å².